The van der Waals surface area contributed by atoms with Gasteiger partial charge in [0.1, 0.15) is 11.5 Å². The Morgan fingerprint density at radius 3 is 1.58 bits per heavy atom. The Labute approximate surface area is 165 Å². The number of aromatic hydroxyl groups is 2. The van der Waals surface area contributed by atoms with Crippen molar-refractivity contribution in [1.29, 1.82) is 0 Å². The number of phenols is 2. The van der Waals surface area contributed by atoms with Crippen LogP contribution in [0, 0.1) is 13.8 Å². The van der Waals surface area contributed by atoms with Crippen LogP contribution >= 0.6 is 23.2 Å². The molecular formula is C20H26Cl2N2O2. The van der Waals surface area contributed by atoms with Crippen LogP contribution in [0.3, 0.4) is 0 Å². The Morgan fingerprint density at radius 2 is 1.19 bits per heavy atom. The van der Waals surface area contributed by atoms with Gasteiger partial charge in [-0.1, -0.05) is 35.3 Å². The molecule has 6 heteroatoms. The highest BCUT2D eigenvalue weighted by atomic mass is 35.5. The van der Waals surface area contributed by atoms with Gasteiger partial charge < -0.3 is 15.1 Å². The van der Waals surface area contributed by atoms with Crippen LogP contribution in [0.4, 0.5) is 0 Å². The number of hydrogen-bond acceptors (Lipinski definition) is 4. The van der Waals surface area contributed by atoms with E-state index in [0.717, 1.165) is 35.3 Å². The quantitative estimate of drug-likeness (QED) is 0.718. The maximum absolute atomic E-state index is 10.3. The van der Waals surface area contributed by atoms with Crippen LogP contribution in [-0.4, -0.2) is 47.2 Å². The molecule has 4 nitrogen and oxygen atoms in total. The summed E-state index contributed by atoms with van der Waals surface area (Å²) < 4.78 is 0. The van der Waals surface area contributed by atoms with E-state index < -0.39 is 0 Å². The molecule has 0 aliphatic rings. The molecule has 142 valence electrons. The summed E-state index contributed by atoms with van der Waals surface area (Å²) in [6.07, 6.45) is 0. The van der Waals surface area contributed by atoms with Crippen LogP contribution in [0.25, 0.3) is 0 Å². The number of likely N-dealkylation sites (N-methyl/N-ethyl adjacent to an activating group) is 1. The average molecular weight is 397 g/mol. The summed E-state index contributed by atoms with van der Waals surface area (Å²) in [5.41, 5.74) is 3.53. The third-order valence-electron chi connectivity index (χ3n) is 4.22. The van der Waals surface area contributed by atoms with Gasteiger partial charge in [-0.3, -0.25) is 4.90 Å². The highest BCUT2D eigenvalue weighted by molar-refractivity contribution is 6.32. The molecule has 0 aliphatic carbocycles. The van der Waals surface area contributed by atoms with Crippen LogP contribution in [0.15, 0.2) is 24.3 Å². The maximum Gasteiger partial charge on any atom is 0.138 e. The normalized spacial score (nSPS) is 11.5. The van der Waals surface area contributed by atoms with Crippen LogP contribution < -0.4 is 0 Å². The van der Waals surface area contributed by atoms with Crippen molar-refractivity contribution in [2.75, 3.05) is 27.2 Å². The van der Waals surface area contributed by atoms with Gasteiger partial charge in [0.05, 0.1) is 10.0 Å². The summed E-state index contributed by atoms with van der Waals surface area (Å²) in [5.74, 6) is 0.220. The minimum atomic E-state index is 0.110. The van der Waals surface area contributed by atoms with Gasteiger partial charge in [0, 0.05) is 37.3 Å². The number of phenolic OH excluding ortho intramolecular Hbond substituents is 2. The number of halogens is 2. The van der Waals surface area contributed by atoms with Crippen molar-refractivity contribution in [1.82, 2.24) is 9.80 Å². The molecule has 0 radical (unpaired) electrons. The summed E-state index contributed by atoms with van der Waals surface area (Å²) in [6, 6.07) is 7.37. The first-order valence-corrected chi connectivity index (χ1v) is 9.26. The summed E-state index contributed by atoms with van der Waals surface area (Å²) in [4.78, 5) is 4.26. The summed E-state index contributed by atoms with van der Waals surface area (Å²) in [6.45, 7) is 6.55. The van der Waals surface area contributed by atoms with Crippen molar-refractivity contribution < 1.29 is 10.2 Å². The zero-order chi connectivity index (χ0) is 19.4. The first-order valence-electron chi connectivity index (χ1n) is 8.50. The van der Waals surface area contributed by atoms with E-state index in [1.54, 1.807) is 12.1 Å². The third-order valence-corrected chi connectivity index (χ3v) is 4.80. The second-order valence-electron chi connectivity index (χ2n) is 7.02. The predicted octanol–water partition coefficient (Wildman–Crippen LogP) is 4.59. The van der Waals surface area contributed by atoms with Crippen molar-refractivity contribution in [2.45, 2.75) is 26.9 Å². The van der Waals surface area contributed by atoms with Gasteiger partial charge in [-0.25, -0.2) is 0 Å². The number of hydrogen-bond donors (Lipinski definition) is 2. The molecule has 2 aromatic rings. The maximum atomic E-state index is 10.3. The highest BCUT2D eigenvalue weighted by Crippen LogP contribution is 2.32. The van der Waals surface area contributed by atoms with E-state index >= 15 is 0 Å². The van der Waals surface area contributed by atoms with E-state index in [9.17, 15) is 10.2 Å². The van der Waals surface area contributed by atoms with Crippen molar-refractivity contribution >= 4 is 23.2 Å². The number of nitrogens with zero attached hydrogens (tertiary/aromatic N) is 2. The van der Waals surface area contributed by atoms with E-state index in [1.165, 1.54) is 0 Å². The lowest BCUT2D eigenvalue weighted by molar-refractivity contribution is 0.221. The highest BCUT2D eigenvalue weighted by Gasteiger charge is 2.16. The van der Waals surface area contributed by atoms with Crippen LogP contribution in [-0.2, 0) is 13.1 Å². The Morgan fingerprint density at radius 1 is 0.769 bits per heavy atom. The van der Waals surface area contributed by atoms with Gasteiger partial charge in [-0.15, -0.1) is 0 Å². The van der Waals surface area contributed by atoms with E-state index in [-0.39, 0.29) is 11.5 Å². The van der Waals surface area contributed by atoms with E-state index in [1.807, 2.05) is 40.1 Å². The topological polar surface area (TPSA) is 46.9 Å². The molecule has 0 amide bonds. The molecule has 0 heterocycles. The number of benzene rings is 2. The summed E-state index contributed by atoms with van der Waals surface area (Å²) in [5, 5.41) is 21.3. The van der Waals surface area contributed by atoms with E-state index in [0.29, 0.717) is 23.1 Å². The second kappa shape index (κ2) is 8.96. The van der Waals surface area contributed by atoms with E-state index in [2.05, 4.69) is 9.80 Å². The Kier molecular flexibility index (Phi) is 7.18. The second-order valence-corrected chi connectivity index (χ2v) is 7.84. The minimum absolute atomic E-state index is 0.110. The third kappa shape index (κ3) is 5.52. The van der Waals surface area contributed by atoms with E-state index in [4.69, 9.17) is 23.2 Å². The number of rotatable bonds is 7. The summed E-state index contributed by atoms with van der Waals surface area (Å²) >= 11 is 12.2. The van der Waals surface area contributed by atoms with Crippen molar-refractivity contribution in [3.05, 3.63) is 56.6 Å². The molecule has 0 fully saturated rings. The van der Waals surface area contributed by atoms with Crippen LogP contribution in [0.5, 0.6) is 11.5 Å². The molecule has 0 aliphatic heterocycles. The fourth-order valence-electron chi connectivity index (χ4n) is 2.89. The van der Waals surface area contributed by atoms with Gasteiger partial charge in [-0.05, 0) is 51.2 Å². The van der Waals surface area contributed by atoms with Crippen LogP contribution in [0.2, 0.25) is 10.0 Å². The standard InChI is InChI=1S/C20H26Cl2N2O2/c1-13-7-15(19(25)17(21)9-13)11-24(6-5-23(3)4)12-16-8-14(2)10-18(22)20(16)26/h7-10,25-26H,5-6,11-12H2,1-4H3. The molecule has 0 atom stereocenters. The molecule has 2 aromatic carbocycles. The monoisotopic (exact) mass is 396 g/mol. The fourth-order valence-corrected chi connectivity index (χ4v) is 3.48. The molecule has 2 rings (SSSR count). The molecule has 0 unspecified atom stereocenters. The number of aryl methyl sites for hydroxylation is 2. The molecule has 0 saturated carbocycles. The largest absolute Gasteiger partial charge is 0.506 e. The lowest BCUT2D eigenvalue weighted by Crippen LogP contribution is -2.31. The van der Waals surface area contributed by atoms with Gasteiger partial charge >= 0.3 is 0 Å². The van der Waals surface area contributed by atoms with Crippen LogP contribution in [0.1, 0.15) is 22.3 Å². The summed E-state index contributed by atoms with van der Waals surface area (Å²) in [7, 11) is 4.03. The molecule has 0 saturated heterocycles. The molecule has 0 spiro atoms. The molecule has 26 heavy (non-hydrogen) atoms. The lowest BCUT2D eigenvalue weighted by atomic mass is 10.1. The SMILES string of the molecule is Cc1cc(Cl)c(O)c(CN(CCN(C)C)Cc2cc(C)cc(Cl)c2O)c1. The fraction of sp³-hybridized carbons (Fsp3) is 0.400. The molecule has 2 N–H and O–H groups in total. The van der Waals surface area contributed by atoms with Gasteiger partial charge in [0.2, 0.25) is 0 Å². The average Bonchev–Trinajstić information content (AvgIpc) is 2.54. The molecule has 0 aromatic heterocycles. The van der Waals surface area contributed by atoms with Gasteiger partial charge in [0.15, 0.2) is 0 Å². The first kappa shape index (κ1) is 20.8. The van der Waals surface area contributed by atoms with Gasteiger partial charge in [0.25, 0.3) is 0 Å². The van der Waals surface area contributed by atoms with Gasteiger partial charge in [-0.2, -0.15) is 0 Å². The smallest absolute Gasteiger partial charge is 0.138 e. The Bertz CT molecular complexity index is 719. The Hall–Kier alpha value is -1.46. The Balaban J connectivity index is 2.30. The zero-order valence-corrected chi connectivity index (χ0v) is 17.2. The van der Waals surface area contributed by atoms with Crippen molar-refractivity contribution in [2.24, 2.45) is 0 Å². The molecular weight excluding hydrogens is 371 g/mol. The van der Waals surface area contributed by atoms with Crippen molar-refractivity contribution in [3.63, 3.8) is 0 Å². The first-order chi connectivity index (χ1) is 12.2. The minimum Gasteiger partial charge on any atom is -0.506 e. The van der Waals surface area contributed by atoms with Crippen molar-refractivity contribution in [3.8, 4) is 11.5 Å². The predicted molar refractivity (Wildman–Crippen MR) is 108 cm³/mol. The zero-order valence-electron chi connectivity index (χ0n) is 15.7. The molecule has 0 bridgehead atoms. The lowest BCUT2D eigenvalue weighted by Gasteiger charge is -2.25.